The van der Waals surface area contributed by atoms with Crippen molar-refractivity contribution >= 4 is 21.4 Å². The number of anilines is 2. The number of benzene rings is 1. The van der Waals surface area contributed by atoms with E-state index in [1.165, 1.54) is 0 Å². The number of sulfonamides is 1. The molecule has 0 aromatic heterocycles. The largest absolute Gasteiger partial charge is 0.382 e. The Balaban J connectivity index is 1.94. The van der Waals surface area contributed by atoms with Crippen molar-refractivity contribution in [3.05, 3.63) is 24.3 Å². The Morgan fingerprint density at radius 1 is 1.39 bits per heavy atom. The Morgan fingerprint density at radius 3 is 2.83 bits per heavy atom. The van der Waals surface area contributed by atoms with Gasteiger partial charge in [0.1, 0.15) is 0 Å². The fourth-order valence-electron chi connectivity index (χ4n) is 1.94. The molecular formula is C12H18N2O3S. The number of hydrogen-bond acceptors (Lipinski definition) is 4. The van der Waals surface area contributed by atoms with Gasteiger partial charge in [-0.3, -0.25) is 4.72 Å². The maximum atomic E-state index is 11.1. The lowest BCUT2D eigenvalue weighted by Crippen LogP contribution is -2.18. The molecule has 1 aromatic rings. The average molecular weight is 270 g/mol. The van der Waals surface area contributed by atoms with Crippen LogP contribution in [0.5, 0.6) is 0 Å². The molecule has 0 radical (unpaired) electrons. The Kier molecular flexibility index (Phi) is 4.08. The summed E-state index contributed by atoms with van der Waals surface area (Å²) < 4.78 is 30.2. The molecule has 1 atom stereocenters. The van der Waals surface area contributed by atoms with Gasteiger partial charge < -0.3 is 10.1 Å². The fraction of sp³-hybridized carbons (Fsp3) is 0.500. The first kappa shape index (κ1) is 13.2. The highest BCUT2D eigenvalue weighted by molar-refractivity contribution is 7.92. The molecule has 1 heterocycles. The van der Waals surface area contributed by atoms with Gasteiger partial charge in [0.05, 0.1) is 18.0 Å². The smallest absolute Gasteiger partial charge is 0.229 e. The zero-order valence-corrected chi connectivity index (χ0v) is 11.2. The summed E-state index contributed by atoms with van der Waals surface area (Å²) >= 11 is 0. The van der Waals surface area contributed by atoms with Gasteiger partial charge in [-0.25, -0.2) is 8.42 Å². The molecule has 1 aromatic carbocycles. The van der Waals surface area contributed by atoms with E-state index in [1.807, 2.05) is 12.1 Å². The van der Waals surface area contributed by atoms with E-state index in [4.69, 9.17) is 4.74 Å². The summed E-state index contributed by atoms with van der Waals surface area (Å²) in [5.74, 6) is 0. The fourth-order valence-corrected chi connectivity index (χ4v) is 2.50. The maximum absolute atomic E-state index is 11.1. The average Bonchev–Trinajstić information content (AvgIpc) is 2.77. The van der Waals surface area contributed by atoms with Crippen molar-refractivity contribution in [2.75, 3.05) is 29.4 Å². The number of nitrogens with one attached hydrogen (secondary N) is 2. The van der Waals surface area contributed by atoms with E-state index in [9.17, 15) is 8.42 Å². The van der Waals surface area contributed by atoms with E-state index < -0.39 is 10.0 Å². The van der Waals surface area contributed by atoms with Crippen LogP contribution in [0.2, 0.25) is 0 Å². The monoisotopic (exact) mass is 270 g/mol. The second-order valence-electron chi connectivity index (χ2n) is 4.47. The first-order valence-electron chi connectivity index (χ1n) is 5.96. The lowest BCUT2D eigenvalue weighted by Gasteiger charge is -2.13. The second-order valence-corrected chi connectivity index (χ2v) is 6.22. The Hall–Kier alpha value is -1.27. The Bertz CT molecular complexity index is 496. The number of rotatable bonds is 5. The summed E-state index contributed by atoms with van der Waals surface area (Å²) in [7, 11) is -3.23. The molecule has 1 aliphatic heterocycles. The minimum atomic E-state index is -3.23. The van der Waals surface area contributed by atoms with E-state index in [1.54, 1.807) is 12.1 Å². The van der Waals surface area contributed by atoms with Crippen LogP contribution >= 0.6 is 0 Å². The van der Waals surface area contributed by atoms with E-state index >= 15 is 0 Å². The summed E-state index contributed by atoms with van der Waals surface area (Å²) in [5, 5.41) is 3.25. The second kappa shape index (κ2) is 5.58. The van der Waals surface area contributed by atoms with Gasteiger partial charge >= 0.3 is 0 Å². The molecule has 1 saturated heterocycles. The zero-order chi connectivity index (χ0) is 13.0. The minimum Gasteiger partial charge on any atom is -0.382 e. The van der Waals surface area contributed by atoms with Crippen molar-refractivity contribution in [3.63, 3.8) is 0 Å². The van der Waals surface area contributed by atoms with E-state index in [0.717, 1.165) is 37.9 Å². The van der Waals surface area contributed by atoms with Crippen LogP contribution in [0.25, 0.3) is 0 Å². The summed E-state index contributed by atoms with van der Waals surface area (Å²) in [5.41, 5.74) is 1.45. The van der Waals surface area contributed by atoms with Gasteiger partial charge in [-0.1, -0.05) is 6.07 Å². The first-order chi connectivity index (χ1) is 8.53. The number of ether oxygens (including phenoxy) is 1. The molecule has 0 aliphatic carbocycles. The molecule has 0 amide bonds. The van der Waals surface area contributed by atoms with E-state index in [2.05, 4.69) is 10.0 Å². The van der Waals surface area contributed by atoms with Crippen molar-refractivity contribution in [3.8, 4) is 0 Å². The molecule has 1 aliphatic rings. The topological polar surface area (TPSA) is 67.4 Å². The quantitative estimate of drug-likeness (QED) is 0.853. The van der Waals surface area contributed by atoms with Crippen LogP contribution in [0.1, 0.15) is 12.8 Å². The lowest BCUT2D eigenvalue weighted by atomic mass is 10.2. The molecule has 0 spiro atoms. The molecule has 100 valence electrons. The highest BCUT2D eigenvalue weighted by Crippen LogP contribution is 2.18. The molecular weight excluding hydrogens is 252 g/mol. The highest BCUT2D eigenvalue weighted by Gasteiger charge is 2.14. The van der Waals surface area contributed by atoms with Crippen molar-refractivity contribution in [2.24, 2.45) is 0 Å². The number of hydrogen-bond donors (Lipinski definition) is 2. The summed E-state index contributed by atoms with van der Waals surface area (Å²) in [6.45, 7) is 1.59. The van der Waals surface area contributed by atoms with Crippen LogP contribution in [0, 0.1) is 0 Å². The van der Waals surface area contributed by atoms with Crippen LogP contribution in [0.4, 0.5) is 11.4 Å². The van der Waals surface area contributed by atoms with E-state index in [0.29, 0.717) is 5.69 Å². The van der Waals surface area contributed by atoms with Crippen molar-refractivity contribution in [1.29, 1.82) is 0 Å². The predicted octanol–water partition coefficient (Wildman–Crippen LogP) is 1.65. The van der Waals surface area contributed by atoms with Crippen LogP contribution in [0.15, 0.2) is 24.3 Å². The predicted molar refractivity (Wildman–Crippen MR) is 72.4 cm³/mol. The van der Waals surface area contributed by atoms with E-state index in [-0.39, 0.29) is 6.10 Å². The summed E-state index contributed by atoms with van der Waals surface area (Å²) in [6, 6.07) is 7.21. The molecule has 1 fully saturated rings. The van der Waals surface area contributed by atoms with Gasteiger partial charge in [0.2, 0.25) is 10.0 Å². The van der Waals surface area contributed by atoms with Crippen LogP contribution in [-0.4, -0.2) is 33.9 Å². The highest BCUT2D eigenvalue weighted by atomic mass is 32.2. The molecule has 5 nitrogen and oxygen atoms in total. The third kappa shape index (κ3) is 4.19. The molecule has 0 saturated carbocycles. The van der Waals surface area contributed by atoms with Gasteiger partial charge in [0.15, 0.2) is 0 Å². The van der Waals surface area contributed by atoms with Crippen molar-refractivity contribution in [1.82, 2.24) is 0 Å². The third-order valence-corrected chi connectivity index (χ3v) is 3.33. The lowest BCUT2D eigenvalue weighted by molar-refractivity contribution is 0.120. The SMILES string of the molecule is CS(=O)(=O)Nc1cccc(NCC2CCCO2)c1. The van der Waals surface area contributed by atoms with Crippen LogP contribution in [0.3, 0.4) is 0 Å². The Morgan fingerprint density at radius 2 is 2.17 bits per heavy atom. The minimum absolute atomic E-state index is 0.261. The molecule has 2 rings (SSSR count). The summed E-state index contributed by atoms with van der Waals surface area (Å²) in [4.78, 5) is 0. The third-order valence-electron chi connectivity index (χ3n) is 2.72. The summed E-state index contributed by atoms with van der Waals surface area (Å²) in [6.07, 6.45) is 3.59. The van der Waals surface area contributed by atoms with Crippen LogP contribution in [-0.2, 0) is 14.8 Å². The molecule has 18 heavy (non-hydrogen) atoms. The normalized spacial score (nSPS) is 19.7. The molecule has 1 unspecified atom stereocenters. The van der Waals surface area contributed by atoms with Crippen LogP contribution < -0.4 is 10.0 Å². The molecule has 6 heteroatoms. The first-order valence-corrected chi connectivity index (χ1v) is 7.85. The standard InChI is InChI=1S/C12H18N2O3S/c1-18(15,16)14-11-5-2-4-10(8-11)13-9-12-6-3-7-17-12/h2,4-5,8,12-14H,3,6-7,9H2,1H3. The van der Waals surface area contributed by atoms with Crippen molar-refractivity contribution in [2.45, 2.75) is 18.9 Å². The van der Waals surface area contributed by atoms with Gasteiger partial charge in [-0.2, -0.15) is 0 Å². The zero-order valence-electron chi connectivity index (χ0n) is 10.3. The molecule has 2 N–H and O–H groups in total. The van der Waals surface area contributed by atoms with Crippen molar-refractivity contribution < 1.29 is 13.2 Å². The molecule has 0 bridgehead atoms. The Labute approximate surface area is 108 Å². The van der Waals surface area contributed by atoms with Gasteiger partial charge in [0.25, 0.3) is 0 Å². The van der Waals surface area contributed by atoms with Gasteiger partial charge in [0, 0.05) is 18.8 Å². The van der Waals surface area contributed by atoms with Gasteiger partial charge in [-0.15, -0.1) is 0 Å². The maximum Gasteiger partial charge on any atom is 0.229 e. The van der Waals surface area contributed by atoms with Gasteiger partial charge in [-0.05, 0) is 31.0 Å².